The molecule has 37 heavy (non-hydrogen) atoms. The second kappa shape index (κ2) is 17.6. The summed E-state index contributed by atoms with van der Waals surface area (Å²) in [5, 5.41) is 26.3. The van der Waals surface area contributed by atoms with Crippen LogP contribution in [0.5, 0.6) is 0 Å². The van der Waals surface area contributed by atoms with Crippen LogP contribution in [0.4, 0.5) is 5.69 Å². The number of nitrogens with one attached hydrogen (secondary N) is 2. The lowest BCUT2D eigenvalue weighted by atomic mass is 10.1. The molecule has 0 bridgehead atoms. The maximum atomic E-state index is 10.0. The Morgan fingerprint density at radius 2 is 1.59 bits per heavy atom. The molecule has 6 N–H and O–H groups in total. The molecule has 0 aliphatic carbocycles. The van der Waals surface area contributed by atoms with E-state index in [1.807, 2.05) is 12.1 Å². The van der Waals surface area contributed by atoms with Crippen molar-refractivity contribution < 1.29 is 10.3 Å². The topological polar surface area (TPSA) is 93.8 Å². The molecule has 0 fully saturated rings. The molecule has 0 saturated carbocycles. The van der Waals surface area contributed by atoms with Crippen molar-refractivity contribution in [1.29, 1.82) is 0 Å². The number of aliphatic hydroxyl groups is 1. The van der Waals surface area contributed by atoms with Crippen LogP contribution in [-0.2, 0) is 0 Å². The Bertz CT molecular complexity index is 974. The molecule has 1 aromatic carbocycles. The summed E-state index contributed by atoms with van der Waals surface area (Å²) in [5.74, 6) is 6.96. The van der Waals surface area contributed by atoms with Gasteiger partial charge in [-0.05, 0) is 71.1 Å². The molecule has 0 amide bonds. The monoisotopic (exact) mass is 526 g/mol. The number of hydrazine groups is 1. The van der Waals surface area contributed by atoms with E-state index in [4.69, 9.17) is 5.84 Å². The average Bonchev–Trinajstić information content (AvgIpc) is 2.84. The van der Waals surface area contributed by atoms with Gasteiger partial charge in [0.15, 0.2) is 0 Å². The third kappa shape index (κ3) is 14.5. The van der Waals surface area contributed by atoms with Crippen molar-refractivity contribution >= 4 is 23.1 Å². The Labute approximate surface area is 228 Å². The van der Waals surface area contributed by atoms with Gasteiger partial charge in [-0.2, -0.15) is 16.9 Å². The molecule has 0 aromatic heterocycles. The molecule has 1 unspecified atom stereocenters. The van der Waals surface area contributed by atoms with Crippen molar-refractivity contribution in [3.63, 3.8) is 0 Å². The predicted octanol–water partition coefficient (Wildman–Crippen LogP) is 7.01. The molecule has 7 heteroatoms. The lowest BCUT2D eigenvalue weighted by Gasteiger charge is -2.21. The first-order chi connectivity index (χ1) is 17.5. The smallest absolute Gasteiger partial charge is 0.108 e. The number of aliphatic hydroxyl groups excluding tert-OH is 1. The standard InChI is InChI=1S/C30H46N4O2S/c1-22(2)10-8-11-23(3)12-9-13-24(4)18-19-37-21-30(27(7)35)33-25(5)20-32-26(6)28-14-16-29(17-15-28)34(31)36/h10,12,14-18,30,32-33,35-36H,5-9,11,13,19-21,31H2,1-4H3/b23-12+,24-18+. The molecule has 1 atom stereocenters. The number of thioether (sulfide) groups is 1. The molecule has 0 saturated heterocycles. The summed E-state index contributed by atoms with van der Waals surface area (Å²) >= 11 is 1.74. The zero-order chi connectivity index (χ0) is 27.8. The second-order valence-corrected chi connectivity index (χ2v) is 10.6. The van der Waals surface area contributed by atoms with Crippen LogP contribution in [-0.4, -0.2) is 34.4 Å². The third-order valence-electron chi connectivity index (χ3n) is 5.73. The van der Waals surface area contributed by atoms with Gasteiger partial charge in [0.05, 0.1) is 18.3 Å². The zero-order valence-corrected chi connectivity index (χ0v) is 23.8. The Hall–Kier alpha value is -2.87. The van der Waals surface area contributed by atoms with Crippen molar-refractivity contribution in [2.75, 3.05) is 23.2 Å². The van der Waals surface area contributed by atoms with E-state index in [-0.39, 0.29) is 11.8 Å². The van der Waals surface area contributed by atoms with Crippen LogP contribution < -0.4 is 21.6 Å². The number of nitrogens with zero attached hydrogens (tertiary/aromatic N) is 1. The summed E-state index contributed by atoms with van der Waals surface area (Å²) in [6, 6.07) is 6.72. The van der Waals surface area contributed by atoms with E-state index in [2.05, 4.69) is 76.3 Å². The number of rotatable bonds is 18. The number of hydrogen-bond donors (Lipinski definition) is 5. The van der Waals surface area contributed by atoms with Crippen molar-refractivity contribution in [3.05, 3.63) is 96.0 Å². The molecule has 1 rings (SSSR count). The minimum absolute atomic E-state index is 0.0906. The van der Waals surface area contributed by atoms with Crippen LogP contribution in [0.1, 0.15) is 58.9 Å². The summed E-state index contributed by atoms with van der Waals surface area (Å²) in [7, 11) is 0. The highest BCUT2D eigenvalue weighted by Crippen LogP contribution is 2.16. The minimum Gasteiger partial charge on any atom is -0.511 e. The highest BCUT2D eigenvalue weighted by atomic mass is 32.2. The normalized spacial score (nSPS) is 12.5. The quantitative estimate of drug-likeness (QED) is 0.0462. The van der Waals surface area contributed by atoms with E-state index in [1.165, 1.54) is 16.7 Å². The number of hydrogen-bond acceptors (Lipinski definition) is 7. The predicted molar refractivity (Wildman–Crippen MR) is 163 cm³/mol. The highest BCUT2D eigenvalue weighted by molar-refractivity contribution is 7.99. The van der Waals surface area contributed by atoms with Crippen LogP contribution in [0.25, 0.3) is 5.70 Å². The van der Waals surface area contributed by atoms with Gasteiger partial charge in [-0.15, -0.1) is 0 Å². The van der Waals surface area contributed by atoms with Crippen molar-refractivity contribution in [2.45, 2.75) is 59.4 Å². The van der Waals surface area contributed by atoms with Gasteiger partial charge in [-0.1, -0.05) is 66.8 Å². The van der Waals surface area contributed by atoms with Crippen LogP contribution in [0.2, 0.25) is 0 Å². The first-order valence-electron chi connectivity index (χ1n) is 12.6. The van der Waals surface area contributed by atoms with Gasteiger partial charge in [0.1, 0.15) is 5.76 Å². The first-order valence-corrected chi connectivity index (χ1v) is 13.8. The van der Waals surface area contributed by atoms with Gasteiger partial charge in [0, 0.05) is 22.9 Å². The molecule has 6 nitrogen and oxygen atoms in total. The summed E-state index contributed by atoms with van der Waals surface area (Å²) < 4.78 is 0. The molecule has 0 radical (unpaired) electrons. The highest BCUT2D eigenvalue weighted by Gasteiger charge is 2.12. The van der Waals surface area contributed by atoms with E-state index in [0.717, 1.165) is 42.7 Å². The maximum absolute atomic E-state index is 10.0. The molecule has 0 aliphatic rings. The van der Waals surface area contributed by atoms with E-state index < -0.39 is 0 Å². The van der Waals surface area contributed by atoms with Gasteiger partial charge >= 0.3 is 0 Å². The molecule has 0 heterocycles. The Kier molecular flexibility index (Phi) is 15.3. The van der Waals surface area contributed by atoms with Crippen LogP contribution in [0, 0.1) is 0 Å². The largest absolute Gasteiger partial charge is 0.511 e. The van der Waals surface area contributed by atoms with E-state index in [1.54, 1.807) is 23.9 Å². The molecule has 204 valence electrons. The fourth-order valence-electron chi connectivity index (χ4n) is 3.38. The molecule has 0 aliphatic heterocycles. The van der Waals surface area contributed by atoms with E-state index in [0.29, 0.717) is 28.9 Å². The maximum Gasteiger partial charge on any atom is 0.108 e. The number of nitrogens with two attached hydrogens (primary N) is 1. The Balaban J connectivity index is 2.38. The summed E-state index contributed by atoms with van der Waals surface area (Å²) in [5.41, 5.74) is 7.00. The lowest BCUT2D eigenvalue weighted by Crippen LogP contribution is -2.35. The van der Waals surface area contributed by atoms with Crippen molar-refractivity contribution in [3.8, 4) is 0 Å². The second-order valence-electron chi connectivity index (χ2n) is 9.51. The van der Waals surface area contributed by atoms with E-state index in [9.17, 15) is 10.3 Å². The first kappa shape index (κ1) is 32.2. The van der Waals surface area contributed by atoms with Crippen LogP contribution in [0.3, 0.4) is 0 Å². The van der Waals surface area contributed by atoms with Gasteiger partial charge in [0.25, 0.3) is 0 Å². The fraction of sp³-hybridized carbons (Fsp3) is 0.400. The summed E-state index contributed by atoms with van der Waals surface area (Å²) in [6.07, 6.45) is 11.3. The molecule has 1 aromatic rings. The van der Waals surface area contributed by atoms with E-state index >= 15 is 0 Å². The third-order valence-corrected chi connectivity index (χ3v) is 6.70. The molecular formula is C30H46N4O2S. The fourth-order valence-corrected chi connectivity index (χ4v) is 4.43. The van der Waals surface area contributed by atoms with Gasteiger partial charge in [0.2, 0.25) is 0 Å². The van der Waals surface area contributed by atoms with Crippen LogP contribution in [0.15, 0.2) is 90.4 Å². The van der Waals surface area contributed by atoms with Gasteiger partial charge < -0.3 is 15.7 Å². The Morgan fingerprint density at radius 1 is 1.00 bits per heavy atom. The van der Waals surface area contributed by atoms with Crippen molar-refractivity contribution in [2.24, 2.45) is 5.84 Å². The minimum atomic E-state index is -0.285. The molecular weight excluding hydrogens is 480 g/mol. The average molecular weight is 527 g/mol. The lowest BCUT2D eigenvalue weighted by molar-refractivity contribution is 0.258. The zero-order valence-electron chi connectivity index (χ0n) is 23.0. The van der Waals surface area contributed by atoms with Crippen LogP contribution >= 0.6 is 11.8 Å². The number of benzene rings is 1. The van der Waals surface area contributed by atoms with Crippen molar-refractivity contribution in [1.82, 2.24) is 10.6 Å². The van der Waals surface area contributed by atoms with Gasteiger partial charge in [-0.25, -0.2) is 5.84 Å². The number of anilines is 1. The Morgan fingerprint density at radius 3 is 2.16 bits per heavy atom. The number of allylic oxidation sites excluding steroid dienone is 5. The summed E-state index contributed by atoms with van der Waals surface area (Å²) in [6.45, 7) is 20.9. The van der Waals surface area contributed by atoms with Gasteiger partial charge in [-0.3, -0.25) is 5.21 Å². The summed E-state index contributed by atoms with van der Waals surface area (Å²) in [4.78, 5) is 0. The molecule has 0 spiro atoms. The SMILES string of the molecule is C=C(CNC(=C)c1ccc(N(N)O)cc1)NC(CSC/C=C(\C)CC/C=C(\C)CCC=C(C)C)C(=C)O.